The molecular weight excluding hydrogens is 236 g/mol. The molecule has 0 saturated carbocycles. The molecular formula is C16H18N2O. The van der Waals surface area contributed by atoms with Gasteiger partial charge < -0.3 is 10.2 Å². The largest absolute Gasteiger partial charge is 0.319 e. The van der Waals surface area contributed by atoms with Crippen molar-refractivity contribution in [1.29, 1.82) is 0 Å². The van der Waals surface area contributed by atoms with Gasteiger partial charge in [0.15, 0.2) is 0 Å². The van der Waals surface area contributed by atoms with Crippen LogP contribution in [0.3, 0.4) is 0 Å². The Bertz CT molecular complexity index is 630. The number of rotatable bonds is 4. The van der Waals surface area contributed by atoms with E-state index in [0.717, 1.165) is 35.1 Å². The number of nitrogens with one attached hydrogen (secondary N) is 1. The number of hydrogen-bond acceptors (Lipinski definition) is 2. The first-order valence-electron chi connectivity index (χ1n) is 6.70. The summed E-state index contributed by atoms with van der Waals surface area (Å²) in [6, 6.07) is 12.1. The molecule has 0 aromatic heterocycles. The van der Waals surface area contributed by atoms with E-state index in [1.54, 1.807) is 0 Å². The monoisotopic (exact) mass is 254 g/mol. The first-order chi connectivity index (χ1) is 9.22. The Labute approximate surface area is 113 Å². The second-order valence-electron chi connectivity index (χ2n) is 5.26. The van der Waals surface area contributed by atoms with E-state index in [-0.39, 0.29) is 5.91 Å². The van der Waals surface area contributed by atoms with Gasteiger partial charge in [0, 0.05) is 17.5 Å². The lowest BCUT2D eigenvalue weighted by atomic mass is 10.1. The molecule has 1 heterocycles. The van der Waals surface area contributed by atoms with Gasteiger partial charge in [-0.05, 0) is 37.0 Å². The normalized spacial score (nSPS) is 15.3. The Morgan fingerprint density at radius 3 is 2.68 bits per heavy atom. The minimum absolute atomic E-state index is 0.134. The van der Waals surface area contributed by atoms with Crippen LogP contribution in [0.1, 0.15) is 17.3 Å². The highest BCUT2D eigenvalue weighted by molar-refractivity contribution is 6.24. The van der Waals surface area contributed by atoms with Crippen LogP contribution in [-0.2, 0) is 0 Å². The van der Waals surface area contributed by atoms with Crippen molar-refractivity contribution in [3.8, 4) is 0 Å². The van der Waals surface area contributed by atoms with Gasteiger partial charge in [0.1, 0.15) is 0 Å². The zero-order chi connectivity index (χ0) is 13.4. The highest BCUT2D eigenvalue weighted by atomic mass is 16.2. The maximum atomic E-state index is 12.5. The Balaban J connectivity index is 2.03. The molecule has 1 aliphatic heterocycles. The van der Waals surface area contributed by atoms with E-state index in [9.17, 15) is 4.79 Å². The fourth-order valence-corrected chi connectivity index (χ4v) is 2.89. The molecule has 1 N–H and O–H groups in total. The van der Waals surface area contributed by atoms with E-state index >= 15 is 0 Å². The Kier molecular flexibility index (Phi) is 2.99. The SMILES string of the molecule is CNCC(C)CN1C(=O)c2cccc3cccc1c23. The van der Waals surface area contributed by atoms with Crippen LogP contribution in [0.25, 0.3) is 10.8 Å². The van der Waals surface area contributed by atoms with Crippen LogP contribution in [0.2, 0.25) is 0 Å². The lowest BCUT2D eigenvalue weighted by Crippen LogP contribution is -2.34. The third-order valence-corrected chi connectivity index (χ3v) is 3.70. The van der Waals surface area contributed by atoms with Crippen molar-refractivity contribution in [2.75, 3.05) is 25.0 Å². The number of carbonyl (C=O) groups is 1. The van der Waals surface area contributed by atoms with E-state index in [0.29, 0.717) is 5.92 Å². The lowest BCUT2D eigenvalue weighted by Gasteiger charge is -2.22. The molecule has 0 aliphatic carbocycles. The average molecular weight is 254 g/mol. The van der Waals surface area contributed by atoms with Crippen molar-refractivity contribution < 1.29 is 4.79 Å². The highest BCUT2D eigenvalue weighted by Gasteiger charge is 2.29. The number of amides is 1. The summed E-state index contributed by atoms with van der Waals surface area (Å²) in [5.74, 6) is 0.563. The van der Waals surface area contributed by atoms with E-state index in [2.05, 4.69) is 24.4 Å². The summed E-state index contributed by atoms with van der Waals surface area (Å²) in [4.78, 5) is 14.4. The molecule has 0 bridgehead atoms. The van der Waals surface area contributed by atoms with Gasteiger partial charge in [-0.2, -0.15) is 0 Å². The van der Waals surface area contributed by atoms with Gasteiger partial charge >= 0.3 is 0 Å². The molecule has 0 saturated heterocycles. The van der Waals surface area contributed by atoms with Gasteiger partial charge in [0.2, 0.25) is 0 Å². The third kappa shape index (κ3) is 1.90. The number of benzene rings is 2. The lowest BCUT2D eigenvalue weighted by molar-refractivity contribution is 0.0989. The molecule has 0 radical (unpaired) electrons. The third-order valence-electron chi connectivity index (χ3n) is 3.70. The zero-order valence-corrected chi connectivity index (χ0v) is 11.3. The number of anilines is 1. The Morgan fingerprint density at radius 2 is 1.95 bits per heavy atom. The quantitative estimate of drug-likeness (QED) is 0.909. The van der Waals surface area contributed by atoms with Crippen LogP contribution in [0.4, 0.5) is 5.69 Å². The predicted molar refractivity (Wildman–Crippen MR) is 78.7 cm³/mol. The van der Waals surface area contributed by atoms with Gasteiger partial charge in [-0.15, -0.1) is 0 Å². The molecule has 0 fully saturated rings. The predicted octanol–water partition coefficient (Wildman–Crippen LogP) is 2.66. The van der Waals surface area contributed by atoms with Crippen molar-refractivity contribution in [2.24, 2.45) is 5.92 Å². The fourth-order valence-electron chi connectivity index (χ4n) is 2.89. The second-order valence-corrected chi connectivity index (χ2v) is 5.26. The molecule has 3 heteroatoms. The second kappa shape index (κ2) is 4.67. The number of nitrogens with zero attached hydrogens (tertiary/aromatic N) is 1. The molecule has 3 rings (SSSR count). The van der Waals surface area contributed by atoms with Gasteiger partial charge in [0.05, 0.1) is 5.69 Å². The summed E-state index contributed by atoms with van der Waals surface area (Å²) in [6.45, 7) is 3.83. The van der Waals surface area contributed by atoms with Gasteiger partial charge in [0.25, 0.3) is 5.91 Å². The average Bonchev–Trinajstić information content (AvgIpc) is 2.68. The van der Waals surface area contributed by atoms with E-state index in [1.165, 1.54) is 0 Å². The van der Waals surface area contributed by atoms with Gasteiger partial charge in [-0.3, -0.25) is 4.79 Å². The van der Waals surface area contributed by atoms with E-state index in [4.69, 9.17) is 0 Å². The molecule has 2 aromatic carbocycles. The van der Waals surface area contributed by atoms with Crippen molar-refractivity contribution in [2.45, 2.75) is 6.92 Å². The van der Waals surface area contributed by atoms with Crippen LogP contribution < -0.4 is 10.2 Å². The standard InChI is InChI=1S/C16H18N2O/c1-11(9-17-2)10-18-14-8-4-6-12-5-3-7-13(15(12)14)16(18)19/h3-8,11,17H,9-10H2,1-2H3. The maximum Gasteiger partial charge on any atom is 0.259 e. The van der Waals surface area contributed by atoms with Gasteiger partial charge in [-0.1, -0.05) is 31.2 Å². The molecule has 1 unspecified atom stereocenters. The smallest absolute Gasteiger partial charge is 0.259 e. The molecule has 1 atom stereocenters. The molecule has 0 spiro atoms. The van der Waals surface area contributed by atoms with Crippen molar-refractivity contribution in [3.05, 3.63) is 42.0 Å². The maximum absolute atomic E-state index is 12.5. The highest BCUT2D eigenvalue weighted by Crippen LogP contribution is 2.37. The van der Waals surface area contributed by atoms with Crippen LogP contribution in [0.15, 0.2) is 36.4 Å². The fraction of sp³-hybridized carbons (Fsp3) is 0.312. The summed E-state index contributed by atoms with van der Waals surface area (Å²) in [6.07, 6.45) is 0. The molecule has 2 aromatic rings. The summed E-state index contributed by atoms with van der Waals surface area (Å²) in [7, 11) is 1.94. The van der Waals surface area contributed by atoms with E-state index < -0.39 is 0 Å². The summed E-state index contributed by atoms with van der Waals surface area (Å²) in [5, 5.41) is 5.41. The summed E-state index contributed by atoms with van der Waals surface area (Å²) >= 11 is 0. The van der Waals surface area contributed by atoms with Crippen LogP contribution >= 0.6 is 0 Å². The Hall–Kier alpha value is -1.87. The zero-order valence-electron chi connectivity index (χ0n) is 11.3. The van der Waals surface area contributed by atoms with Crippen molar-refractivity contribution in [3.63, 3.8) is 0 Å². The minimum Gasteiger partial charge on any atom is -0.319 e. The van der Waals surface area contributed by atoms with Gasteiger partial charge in [-0.25, -0.2) is 0 Å². The van der Waals surface area contributed by atoms with Crippen molar-refractivity contribution >= 4 is 22.4 Å². The van der Waals surface area contributed by atoms with Crippen LogP contribution in [0, 0.1) is 5.92 Å². The van der Waals surface area contributed by atoms with Crippen LogP contribution in [-0.4, -0.2) is 26.0 Å². The molecule has 3 nitrogen and oxygen atoms in total. The summed E-state index contributed by atoms with van der Waals surface area (Å²) < 4.78 is 0. The van der Waals surface area contributed by atoms with E-state index in [1.807, 2.05) is 36.2 Å². The van der Waals surface area contributed by atoms with Crippen molar-refractivity contribution in [1.82, 2.24) is 5.32 Å². The first-order valence-corrected chi connectivity index (χ1v) is 6.70. The minimum atomic E-state index is 0.134. The number of hydrogen-bond donors (Lipinski definition) is 1. The molecule has 1 aliphatic rings. The first kappa shape index (κ1) is 12.2. The Morgan fingerprint density at radius 1 is 1.21 bits per heavy atom. The molecule has 98 valence electrons. The topological polar surface area (TPSA) is 32.3 Å². The number of carbonyl (C=O) groups excluding carboxylic acids is 1. The molecule has 1 amide bonds. The molecule has 19 heavy (non-hydrogen) atoms. The summed E-state index contributed by atoms with van der Waals surface area (Å²) in [5.41, 5.74) is 1.89. The van der Waals surface area contributed by atoms with Crippen LogP contribution in [0.5, 0.6) is 0 Å².